The number of rotatable bonds is 5. The minimum absolute atomic E-state index is 0.000870. The zero-order valence-electron chi connectivity index (χ0n) is 15.5. The van der Waals surface area contributed by atoms with Crippen LogP contribution in [0.25, 0.3) is 6.08 Å². The summed E-state index contributed by atoms with van der Waals surface area (Å²) in [7, 11) is 0. The smallest absolute Gasteiger partial charge is 0.287 e. The molecule has 3 rings (SSSR count). The molecule has 0 N–H and O–H groups in total. The number of nitro benzene ring substituents is 1. The van der Waals surface area contributed by atoms with Gasteiger partial charge in [0, 0.05) is 50.5 Å². The monoisotopic (exact) mass is 397 g/mol. The van der Waals surface area contributed by atoms with Gasteiger partial charge < -0.3 is 9.80 Å². The summed E-state index contributed by atoms with van der Waals surface area (Å²) in [6.07, 6.45) is 5.07. The van der Waals surface area contributed by atoms with Crippen LogP contribution in [0.2, 0.25) is 0 Å². The molecule has 1 aliphatic heterocycles. The van der Waals surface area contributed by atoms with Gasteiger partial charge in [-0.15, -0.1) is 0 Å². The van der Waals surface area contributed by atoms with Crippen molar-refractivity contribution in [1.82, 2.24) is 9.88 Å². The van der Waals surface area contributed by atoms with Crippen molar-refractivity contribution in [2.24, 2.45) is 0 Å². The zero-order valence-corrected chi connectivity index (χ0v) is 15.5. The van der Waals surface area contributed by atoms with E-state index in [1.165, 1.54) is 30.5 Å². The highest BCUT2D eigenvalue weighted by molar-refractivity contribution is 5.91. The number of aromatic nitrogens is 1. The lowest BCUT2D eigenvalue weighted by Crippen LogP contribution is -2.34. The lowest BCUT2D eigenvalue weighted by Gasteiger charge is -2.22. The first-order chi connectivity index (χ1) is 13.9. The van der Waals surface area contributed by atoms with E-state index in [0.717, 1.165) is 6.42 Å². The van der Waals surface area contributed by atoms with Crippen LogP contribution in [0.3, 0.4) is 0 Å². The summed E-state index contributed by atoms with van der Waals surface area (Å²) in [4.78, 5) is 40.8. The molecule has 10 nitrogen and oxygen atoms in total. The van der Waals surface area contributed by atoms with Gasteiger partial charge in [0.05, 0.1) is 9.85 Å². The Morgan fingerprint density at radius 2 is 1.62 bits per heavy atom. The number of non-ortho nitro benzene ring substituents is 1. The van der Waals surface area contributed by atoms with E-state index >= 15 is 0 Å². The van der Waals surface area contributed by atoms with Gasteiger partial charge in [0.25, 0.3) is 11.4 Å². The number of hydrogen-bond donors (Lipinski definition) is 0. The van der Waals surface area contributed by atoms with E-state index < -0.39 is 9.85 Å². The molecule has 150 valence electrons. The van der Waals surface area contributed by atoms with Crippen LogP contribution >= 0.6 is 0 Å². The second-order valence-electron chi connectivity index (χ2n) is 6.48. The van der Waals surface area contributed by atoms with Crippen molar-refractivity contribution in [2.75, 3.05) is 31.1 Å². The number of benzene rings is 1. The number of nitrogens with zero attached hydrogens (tertiary/aromatic N) is 5. The van der Waals surface area contributed by atoms with Crippen LogP contribution in [0.1, 0.15) is 12.0 Å². The molecule has 10 heteroatoms. The predicted molar refractivity (Wildman–Crippen MR) is 106 cm³/mol. The van der Waals surface area contributed by atoms with Crippen molar-refractivity contribution in [1.29, 1.82) is 0 Å². The fraction of sp³-hybridized carbons (Fsp3) is 0.263. The van der Waals surface area contributed by atoms with Crippen molar-refractivity contribution in [3.05, 3.63) is 74.5 Å². The minimum atomic E-state index is -0.489. The quantitative estimate of drug-likeness (QED) is 0.432. The van der Waals surface area contributed by atoms with Gasteiger partial charge in [-0.2, -0.15) is 0 Å². The van der Waals surface area contributed by atoms with Gasteiger partial charge in [-0.05, 0) is 36.3 Å². The van der Waals surface area contributed by atoms with Crippen LogP contribution in [0.4, 0.5) is 17.2 Å². The first-order valence-corrected chi connectivity index (χ1v) is 9.01. The molecule has 1 saturated heterocycles. The third kappa shape index (κ3) is 5.12. The molecule has 0 radical (unpaired) electrons. The predicted octanol–water partition coefficient (Wildman–Crippen LogP) is 2.65. The number of pyridine rings is 1. The Kier molecular flexibility index (Phi) is 6.12. The van der Waals surface area contributed by atoms with Crippen LogP contribution in [0.15, 0.2) is 48.7 Å². The van der Waals surface area contributed by atoms with E-state index in [9.17, 15) is 25.0 Å². The summed E-state index contributed by atoms with van der Waals surface area (Å²) in [5.41, 5.74) is 0.646. The van der Waals surface area contributed by atoms with Gasteiger partial charge in [0.2, 0.25) is 5.91 Å². The normalized spacial score (nSPS) is 14.6. The number of carbonyl (C=O) groups excluding carboxylic acids is 1. The van der Waals surface area contributed by atoms with Gasteiger partial charge in [0.15, 0.2) is 0 Å². The summed E-state index contributed by atoms with van der Waals surface area (Å²) in [5, 5.41) is 21.4. The van der Waals surface area contributed by atoms with E-state index in [0.29, 0.717) is 37.6 Å². The molecule has 0 atom stereocenters. The molecule has 0 saturated carbocycles. The van der Waals surface area contributed by atoms with Crippen molar-refractivity contribution >= 4 is 29.2 Å². The first kappa shape index (κ1) is 19.9. The second kappa shape index (κ2) is 8.91. The van der Waals surface area contributed by atoms with E-state index in [2.05, 4.69) is 4.98 Å². The van der Waals surface area contributed by atoms with E-state index in [1.807, 2.05) is 4.90 Å². The SMILES string of the molecule is O=C(/C=C/c1ccc([N+](=O)[O-])cc1)N1CCCN(c2ccc([N+](=O)[O-])cn2)CC1. The molecule has 1 aromatic heterocycles. The molecule has 0 aliphatic carbocycles. The van der Waals surface area contributed by atoms with E-state index in [-0.39, 0.29) is 17.3 Å². The maximum Gasteiger partial charge on any atom is 0.287 e. The Balaban J connectivity index is 1.58. The van der Waals surface area contributed by atoms with E-state index in [4.69, 9.17) is 0 Å². The maximum absolute atomic E-state index is 12.5. The molecule has 1 fully saturated rings. The molecular formula is C19H19N5O5. The molecule has 1 aromatic carbocycles. The van der Waals surface area contributed by atoms with Gasteiger partial charge in [-0.25, -0.2) is 4.98 Å². The molecule has 2 aromatic rings. The highest BCUT2D eigenvalue weighted by Crippen LogP contribution is 2.18. The number of carbonyl (C=O) groups is 1. The molecular weight excluding hydrogens is 378 g/mol. The third-order valence-corrected chi connectivity index (χ3v) is 4.60. The molecule has 29 heavy (non-hydrogen) atoms. The second-order valence-corrected chi connectivity index (χ2v) is 6.48. The molecule has 0 spiro atoms. The average molecular weight is 397 g/mol. The Labute approximate surface area is 166 Å². The number of anilines is 1. The number of amides is 1. The number of hydrogen-bond acceptors (Lipinski definition) is 7. The lowest BCUT2D eigenvalue weighted by molar-refractivity contribution is -0.385. The van der Waals surface area contributed by atoms with Gasteiger partial charge in [0.1, 0.15) is 12.0 Å². The van der Waals surface area contributed by atoms with Crippen molar-refractivity contribution in [2.45, 2.75) is 6.42 Å². The first-order valence-electron chi connectivity index (χ1n) is 9.01. The fourth-order valence-electron chi connectivity index (χ4n) is 3.02. The standard InChI is InChI=1S/C19H19N5O5/c25-19(9-4-15-2-5-16(6-3-15)23(26)27)22-11-1-10-21(12-13-22)18-8-7-17(14-20-18)24(28)29/h2-9,14H,1,10-13H2/b9-4+. The highest BCUT2D eigenvalue weighted by Gasteiger charge is 2.19. The summed E-state index contributed by atoms with van der Waals surface area (Å²) in [5.74, 6) is 0.508. The van der Waals surface area contributed by atoms with Gasteiger partial charge in [-0.1, -0.05) is 0 Å². The third-order valence-electron chi connectivity index (χ3n) is 4.60. The zero-order chi connectivity index (χ0) is 20.8. The summed E-state index contributed by atoms with van der Waals surface area (Å²) >= 11 is 0. The summed E-state index contributed by atoms with van der Waals surface area (Å²) < 4.78 is 0. The Morgan fingerprint density at radius 1 is 0.931 bits per heavy atom. The van der Waals surface area contributed by atoms with Crippen molar-refractivity contribution < 1.29 is 14.6 Å². The summed E-state index contributed by atoms with van der Waals surface area (Å²) in [6, 6.07) is 9.00. The fourth-order valence-corrected chi connectivity index (χ4v) is 3.02. The Bertz CT molecular complexity index is 927. The highest BCUT2D eigenvalue weighted by atomic mass is 16.6. The van der Waals surface area contributed by atoms with Gasteiger partial charge in [-0.3, -0.25) is 25.0 Å². The topological polar surface area (TPSA) is 123 Å². The largest absolute Gasteiger partial charge is 0.355 e. The van der Waals surface area contributed by atoms with Crippen LogP contribution in [0.5, 0.6) is 0 Å². The lowest BCUT2D eigenvalue weighted by atomic mass is 10.2. The summed E-state index contributed by atoms with van der Waals surface area (Å²) in [6.45, 7) is 2.36. The van der Waals surface area contributed by atoms with Crippen LogP contribution < -0.4 is 4.90 Å². The van der Waals surface area contributed by atoms with Crippen molar-refractivity contribution in [3.8, 4) is 0 Å². The van der Waals surface area contributed by atoms with Gasteiger partial charge >= 0.3 is 0 Å². The average Bonchev–Trinajstić information content (AvgIpc) is 2.99. The minimum Gasteiger partial charge on any atom is -0.355 e. The van der Waals surface area contributed by atoms with Crippen LogP contribution in [-0.2, 0) is 4.79 Å². The molecule has 1 aliphatic rings. The molecule has 1 amide bonds. The molecule has 2 heterocycles. The van der Waals surface area contributed by atoms with E-state index in [1.54, 1.807) is 29.2 Å². The maximum atomic E-state index is 12.5. The Morgan fingerprint density at radius 3 is 2.24 bits per heavy atom. The Hall–Kier alpha value is -3.82. The van der Waals surface area contributed by atoms with Crippen LogP contribution in [-0.4, -0.2) is 51.8 Å². The molecule has 0 bridgehead atoms. The van der Waals surface area contributed by atoms with Crippen molar-refractivity contribution in [3.63, 3.8) is 0 Å². The molecule has 0 unspecified atom stereocenters. The van der Waals surface area contributed by atoms with Crippen LogP contribution in [0, 0.1) is 20.2 Å². The number of nitro groups is 2.